The van der Waals surface area contributed by atoms with Gasteiger partial charge in [0.05, 0.1) is 13.2 Å². The molecular weight excluding hydrogens is 216 g/mol. The van der Waals surface area contributed by atoms with Gasteiger partial charge in [-0.05, 0) is 13.8 Å². The van der Waals surface area contributed by atoms with Gasteiger partial charge in [0.25, 0.3) is 0 Å². The number of unbranched alkanes of at least 4 members (excludes halogenated alkanes) is 1. The van der Waals surface area contributed by atoms with E-state index in [0.29, 0.717) is 0 Å². The lowest BCUT2D eigenvalue weighted by Gasteiger charge is -1.86. The fraction of sp³-hybridized carbons (Fsp3) is 0.714. The van der Waals surface area contributed by atoms with E-state index in [1.807, 2.05) is 13.8 Å². The monoisotopic (exact) mass is 250 g/mol. The molecule has 0 heterocycles. The van der Waals surface area contributed by atoms with Crippen LogP contribution in [0.4, 0.5) is 0 Å². The smallest absolute Gasteiger partial charge is 0.0662 e. The van der Waals surface area contributed by atoms with Crippen molar-refractivity contribution in [3.8, 4) is 0 Å². The number of aliphatic hydroxyl groups is 2. The van der Waals surface area contributed by atoms with Gasteiger partial charge in [-0.1, -0.05) is 26.7 Å². The zero-order valence-corrected chi connectivity index (χ0v) is 12.4. The Morgan fingerprint density at radius 3 is 0.941 bits per heavy atom. The highest BCUT2D eigenvalue weighted by Crippen LogP contribution is 1.76. The van der Waals surface area contributed by atoms with E-state index in [1.54, 1.807) is 0 Å². The third-order valence-corrected chi connectivity index (χ3v) is 1.01. The average Bonchev–Trinajstić information content (AvgIpc) is 2.44. The lowest BCUT2D eigenvalue weighted by molar-refractivity contribution is 0.162. The molecule has 0 aromatic heterocycles. The predicted octanol–water partition coefficient (Wildman–Crippen LogP) is 3.42. The molecule has 0 spiro atoms. The molecule has 0 aliphatic heterocycles. The molecule has 0 amide bonds. The van der Waals surface area contributed by atoms with Crippen molar-refractivity contribution in [1.82, 2.24) is 0 Å². The molecule has 0 fully saturated rings. The van der Waals surface area contributed by atoms with Crippen LogP contribution in [0, 0.1) is 0 Å². The van der Waals surface area contributed by atoms with Crippen molar-refractivity contribution in [3.63, 3.8) is 0 Å². The summed E-state index contributed by atoms with van der Waals surface area (Å²) in [4.78, 5) is 0. The van der Waals surface area contributed by atoms with E-state index in [2.05, 4.69) is 40.2 Å². The molecule has 0 rings (SSSR count). The van der Waals surface area contributed by atoms with Crippen LogP contribution in [0.25, 0.3) is 0 Å². The maximum absolute atomic E-state index is 7.62. The zero-order chi connectivity index (χ0) is 14.9. The molecule has 0 aliphatic rings. The quantitative estimate of drug-likeness (QED) is 0.752. The van der Waals surface area contributed by atoms with Crippen molar-refractivity contribution >= 4 is 0 Å². The lowest BCUT2D eigenvalue weighted by Crippen LogP contribution is -1.85. The van der Waals surface area contributed by atoms with Crippen molar-refractivity contribution in [2.75, 3.05) is 26.4 Å². The van der Waals surface area contributed by atoms with Gasteiger partial charge in [-0.15, -0.1) is 26.3 Å². The second kappa shape index (κ2) is 78.3. The molecule has 0 bridgehead atoms. The van der Waals surface area contributed by atoms with Gasteiger partial charge in [0, 0.05) is 13.2 Å². The third-order valence-electron chi connectivity index (χ3n) is 1.01. The second-order valence-electron chi connectivity index (χ2n) is 2.23. The number of aliphatic hydroxyl groups excluding tert-OH is 2. The Bertz CT molecular complexity index is 56.5. The van der Waals surface area contributed by atoms with Gasteiger partial charge >= 0.3 is 0 Å². The summed E-state index contributed by atoms with van der Waals surface area (Å²) in [5, 5.41) is 15.2. The fourth-order valence-electron chi connectivity index (χ4n) is 0.204. The van der Waals surface area contributed by atoms with Crippen LogP contribution in [0.15, 0.2) is 26.3 Å². The Labute approximate surface area is 109 Å². The van der Waals surface area contributed by atoms with Crippen LogP contribution < -0.4 is 0 Å². The van der Waals surface area contributed by atoms with Crippen LogP contribution in [0.3, 0.4) is 0 Å². The molecule has 0 saturated heterocycles. The van der Waals surface area contributed by atoms with Gasteiger partial charge in [0.15, 0.2) is 0 Å². The summed E-state index contributed by atoms with van der Waals surface area (Å²) in [5.41, 5.74) is 0. The van der Waals surface area contributed by atoms with Crippen molar-refractivity contribution in [2.45, 2.75) is 40.5 Å². The molecule has 0 radical (unpaired) electrons. The summed E-state index contributed by atoms with van der Waals surface area (Å²) in [6.07, 6.45) is 2.64. The summed E-state index contributed by atoms with van der Waals surface area (Å²) in [5.74, 6) is 0. The Hall–Kier alpha value is -0.640. The first kappa shape index (κ1) is 29.9. The zero-order valence-electron chi connectivity index (χ0n) is 12.4. The van der Waals surface area contributed by atoms with Gasteiger partial charge in [-0.25, -0.2) is 0 Å². The minimum Gasteiger partial charge on any atom is -0.394 e. The van der Waals surface area contributed by atoms with E-state index in [1.165, 1.54) is 12.8 Å². The SMILES string of the molecule is C=C.C=C.CCCC.CCOCC.OCCO. The molecular formula is C14H34O3. The first-order valence-corrected chi connectivity index (χ1v) is 6.04. The van der Waals surface area contributed by atoms with E-state index < -0.39 is 0 Å². The Balaban J connectivity index is -0.0000000371. The lowest BCUT2D eigenvalue weighted by atomic mass is 10.4. The average molecular weight is 250 g/mol. The first-order valence-electron chi connectivity index (χ1n) is 6.04. The fourth-order valence-corrected chi connectivity index (χ4v) is 0.204. The Morgan fingerprint density at radius 2 is 0.941 bits per heavy atom. The largest absolute Gasteiger partial charge is 0.394 e. The van der Waals surface area contributed by atoms with Crippen LogP contribution in [-0.2, 0) is 4.74 Å². The molecule has 2 N–H and O–H groups in total. The highest BCUT2D eigenvalue weighted by atomic mass is 16.5. The van der Waals surface area contributed by atoms with E-state index in [9.17, 15) is 0 Å². The van der Waals surface area contributed by atoms with Gasteiger partial charge < -0.3 is 14.9 Å². The predicted molar refractivity (Wildman–Crippen MR) is 79.4 cm³/mol. The molecule has 0 atom stereocenters. The standard InChI is InChI=1S/C4H10O.C4H10.C2H6O2.2C2H4/c1-3-5-4-2;1-3-4-2;3-1-2-4;2*1-2/h3-4H2,1-2H3;3-4H2,1-2H3;3-4H,1-2H2;2*1-2H2. The maximum atomic E-state index is 7.62. The minimum atomic E-state index is -0.125. The van der Waals surface area contributed by atoms with E-state index in [4.69, 9.17) is 14.9 Å². The van der Waals surface area contributed by atoms with Gasteiger partial charge in [0.2, 0.25) is 0 Å². The van der Waals surface area contributed by atoms with Crippen LogP contribution in [0.2, 0.25) is 0 Å². The maximum Gasteiger partial charge on any atom is 0.0662 e. The number of ether oxygens (including phenoxy) is 1. The molecule has 0 aromatic carbocycles. The molecule has 3 heteroatoms. The summed E-state index contributed by atoms with van der Waals surface area (Å²) in [6.45, 7) is 21.8. The van der Waals surface area contributed by atoms with Gasteiger partial charge in [-0.2, -0.15) is 0 Å². The highest BCUT2D eigenvalue weighted by Gasteiger charge is 1.64. The van der Waals surface area contributed by atoms with E-state index in [0.717, 1.165) is 13.2 Å². The highest BCUT2D eigenvalue weighted by molar-refractivity contribution is 4.22. The van der Waals surface area contributed by atoms with Gasteiger partial charge in [0.1, 0.15) is 0 Å². The first-order chi connectivity index (χ1) is 8.24. The van der Waals surface area contributed by atoms with Crippen LogP contribution in [0.1, 0.15) is 40.5 Å². The molecule has 0 saturated carbocycles. The van der Waals surface area contributed by atoms with Crippen molar-refractivity contribution in [3.05, 3.63) is 26.3 Å². The molecule has 108 valence electrons. The normalized spacial score (nSPS) is 6.47. The third kappa shape index (κ3) is 243. The van der Waals surface area contributed by atoms with Crippen LogP contribution in [-0.4, -0.2) is 36.6 Å². The molecule has 3 nitrogen and oxygen atoms in total. The summed E-state index contributed by atoms with van der Waals surface area (Å²) >= 11 is 0. The minimum absolute atomic E-state index is 0.125. The van der Waals surface area contributed by atoms with Crippen LogP contribution in [0.5, 0.6) is 0 Å². The molecule has 17 heavy (non-hydrogen) atoms. The van der Waals surface area contributed by atoms with Crippen molar-refractivity contribution < 1.29 is 14.9 Å². The summed E-state index contributed by atoms with van der Waals surface area (Å²) in [7, 11) is 0. The molecule has 0 unspecified atom stereocenters. The van der Waals surface area contributed by atoms with Gasteiger partial charge in [-0.3, -0.25) is 0 Å². The van der Waals surface area contributed by atoms with Crippen molar-refractivity contribution in [1.29, 1.82) is 0 Å². The summed E-state index contributed by atoms with van der Waals surface area (Å²) < 4.78 is 4.83. The second-order valence-corrected chi connectivity index (χ2v) is 2.23. The number of hydrogen-bond acceptors (Lipinski definition) is 3. The molecule has 0 aliphatic carbocycles. The Kier molecular flexibility index (Phi) is 138. The Morgan fingerprint density at radius 1 is 0.706 bits per heavy atom. The van der Waals surface area contributed by atoms with E-state index >= 15 is 0 Å². The molecule has 0 aromatic rings. The van der Waals surface area contributed by atoms with Crippen molar-refractivity contribution in [2.24, 2.45) is 0 Å². The number of hydrogen-bond donors (Lipinski definition) is 2. The van der Waals surface area contributed by atoms with E-state index in [-0.39, 0.29) is 13.2 Å². The number of rotatable bonds is 4. The summed E-state index contributed by atoms with van der Waals surface area (Å²) in [6, 6.07) is 0. The van der Waals surface area contributed by atoms with Crippen LogP contribution >= 0.6 is 0 Å². The topological polar surface area (TPSA) is 49.7 Å².